The first-order chi connectivity index (χ1) is 12.0. The Kier molecular flexibility index (Phi) is 4.69. The quantitative estimate of drug-likeness (QED) is 0.767. The molecule has 0 aliphatic heterocycles. The van der Waals surface area contributed by atoms with E-state index in [4.69, 9.17) is 4.74 Å². The van der Waals surface area contributed by atoms with Gasteiger partial charge in [0.2, 0.25) is 0 Å². The first kappa shape index (κ1) is 16.6. The zero-order valence-electron chi connectivity index (χ0n) is 12.7. The average molecular weight is 347 g/mol. The summed E-state index contributed by atoms with van der Waals surface area (Å²) in [4.78, 5) is 12.0. The molecule has 0 aliphatic carbocycles. The lowest BCUT2D eigenvalue weighted by molar-refractivity contribution is 0.102. The Labute approximate surface area is 140 Å². The number of anilines is 1. The highest BCUT2D eigenvalue weighted by Gasteiger charge is 2.12. The predicted molar refractivity (Wildman–Crippen MR) is 83.6 cm³/mol. The minimum atomic E-state index is -1.07. The van der Waals surface area contributed by atoms with Gasteiger partial charge in [-0.1, -0.05) is 12.1 Å². The van der Waals surface area contributed by atoms with Gasteiger partial charge in [-0.25, -0.2) is 17.9 Å². The van der Waals surface area contributed by atoms with Crippen molar-refractivity contribution in [1.82, 2.24) is 9.78 Å². The van der Waals surface area contributed by atoms with Gasteiger partial charge >= 0.3 is 0 Å². The number of nitrogens with zero attached hydrogens (tertiary/aromatic N) is 2. The van der Waals surface area contributed by atoms with Crippen molar-refractivity contribution in [1.29, 1.82) is 0 Å². The van der Waals surface area contributed by atoms with Gasteiger partial charge in [0.15, 0.2) is 35.6 Å². The number of carbonyl (C=O) groups excluding carboxylic acids is 1. The molecule has 0 atom stereocenters. The molecule has 0 saturated carbocycles. The molecule has 3 rings (SSSR count). The SMILES string of the molecule is O=C(Nc1ccc(F)c(F)c1)c1ccn(COc2ccccc2F)n1. The number of amides is 1. The van der Waals surface area contributed by atoms with Crippen LogP contribution in [-0.2, 0) is 6.73 Å². The summed E-state index contributed by atoms with van der Waals surface area (Å²) in [6.45, 7) is -0.0978. The molecule has 8 heteroatoms. The van der Waals surface area contributed by atoms with E-state index in [-0.39, 0.29) is 23.9 Å². The highest BCUT2D eigenvalue weighted by atomic mass is 19.2. The van der Waals surface area contributed by atoms with Crippen LogP contribution in [0.15, 0.2) is 54.7 Å². The van der Waals surface area contributed by atoms with Crippen molar-refractivity contribution in [2.45, 2.75) is 6.73 Å². The van der Waals surface area contributed by atoms with Crippen LogP contribution in [0.2, 0.25) is 0 Å². The van der Waals surface area contributed by atoms with E-state index in [9.17, 15) is 18.0 Å². The van der Waals surface area contributed by atoms with Gasteiger partial charge < -0.3 is 10.1 Å². The molecule has 0 aliphatic rings. The molecular formula is C17H12F3N3O2. The maximum atomic E-state index is 13.5. The van der Waals surface area contributed by atoms with Crippen molar-refractivity contribution in [3.63, 3.8) is 0 Å². The number of para-hydroxylation sites is 1. The van der Waals surface area contributed by atoms with Crippen molar-refractivity contribution < 1.29 is 22.7 Å². The molecule has 0 saturated heterocycles. The largest absolute Gasteiger partial charge is 0.468 e. The number of halogens is 3. The van der Waals surface area contributed by atoms with E-state index in [1.807, 2.05) is 0 Å². The molecule has 1 amide bonds. The summed E-state index contributed by atoms with van der Waals surface area (Å²) >= 11 is 0. The fourth-order valence-corrected chi connectivity index (χ4v) is 2.02. The van der Waals surface area contributed by atoms with Crippen molar-refractivity contribution in [3.8, 4) is 5.75 Å². The van der Waals surface area contributed by atoms with Gasteiger partial charge in [-0.15, -0.1) is 0 Å². The van der Waals surface area contributed by atoms with Crippen molar-refractivity contribution >= 4 is 11.6 Å². The van der Waals surface area contributed by atoms with Gasteiger partial charge in [-0.3, -0.25) is 4.79 Å². The molecule has 2 aromatic carbocycles. The van der Waals surface area contributed by atoms with Crippen molar-refractivity contribution in [2.24, 2.45) is 0 Å². The summed E-state index contributed by atoms with van der Waals surface area (Å²) in [6.07, 6.45) is 1.47. The summed E-state index contributed by atoms with van der Waals surface area (Å²) in [6, 6.07) is 10.3. The van der Waals surface area contributed by atoms with E-state index >= 15 is 0 Å². The van der Waals surface area contributed by atoms with Gasteiger partial charge in [0.1, 0.15) is 0 Å². The van der Waals surface area contributed by atoms with Gasteiger partial charge in [-0.2, -0.15) is 5.10 Å². The predicted octanol–water partition coefficient (Wildman–Crippen LogP) is 3.59. The number of ether oxygens (including phenoxy) is 1. The van der Waals surface area contributed by atoms with E-state index in [0.717, 1.165) is 12.1 Å². The third-order valence-corrected chi connectivity index (χ3v) is 3.24. The number of benzene rings is 2. The molecule has 0 bridgehead atoms. The molecule has 1 heterocycles. The van der Waals surface area contributed by atoms with Crippen LogP contribution in [0.25, 0.3) is 0 Å². The second kappa shape index (κ2) is 7.08. The van der Waals surface area contributed by atoms with E-state index < -0.39 is 23.4 Å². The molecule has 0 radical (unpaired) electrons. The minimum absolute atomic E-state index is 0.0434. The lowest BCUT2D eigenvalue weighted by Gasteiger charge is -2.07. The normalized spacial score (nSPS) is 10.5. The van der Waals surface area contributed by atoms with E-state index in [1.165, 1.54) is 41.2 Å². The van der Waals surface area contributed by atoms with Crippen LogP contribution < -0.4 is 10.1 Å². The molecule has 128 valence electrons. The third-order valence-electron chi connectivity index (χ3n) is 3.24. The number of carbonyl (C=O) groups is 1. The van der Waals surface area contributed by atoms with Gasteiger partial charge in [0.25, 0.3) is 5.91 Å². The molecule has 0 spiro atoms. The zero-order chi connectivity index (χ0) is 17.8. The maximum absolute atomic E-state index is 13.5. The lowest BCUT2D eigenvalue weighted by atomic mass is 10.3. The smallest absolute Gasteiger partial charge is 0.276 e. The van der Waals surface area contributed by atoms with Crippen LogP contribution in [-0.4, -0.2) is 15.7 Å². The Bertz CT molecular complexity index is 912. The van der Waals surface area contributed by atoms with Gasteiger partial charge in [0, 0.05) is 18.0 Å². The Balaban J connectivity index is 1.63. The molecule has 1 N–H and O–H groups in total. The first-order valence-electron chi connectivity index (χ1n) is 7.20. The van der Waals surface area contributed by atoms with Crippen LogP contribution in [0.5, 0.6) is 5.75 Å². The highest BCUT2D eigenvalue weighted by Crippen LogP contribution is 2.16. The fraction of sp³-hybridized carbons (Fsp3) is 0.0588. The van der Waals surface area contributed by atoms with Crippen LogP contribution in [0, 0.1) is 17.5 Å². The number of rotatable bonds is 5. The van der Waals surface area contributed by atoms with E-state index in [0.29, 0.717) is 0 Å². The number of aromatic nitrogens is 2. The summed E-state index contributed by atoms with van der Waals surface area (Å²) in [5.41, 5.74) is 0.142. The lowest BCUT2D eigenvalue weighted by Crippen LogP contribution is -2.14. The van der Waals surface area contributed by atoms with Crippen LogP contribution in [0.3, 0.4) is 0 Å². The number of hydrogen-bond donors (Lipinski definition) is 1. The third kappa shape index (κ3) is 3.97. The fourth-order valence-electron chi connectivity index (χ4n) is 2.02. The topological polar surface area (TPSA) is 56.2 Å². The zero-order valence-corrected chi connectivity index (χ0v) is 12.7. The minimum Gasteiger partial charge on any atom is -0.468 e. The second-order valence-electron chi connectivity index (χ2n) is 5.03. The average Bonchev–Trinajstić information content (AvgIpc) is 3.07. The van der Waals surface area contributed by atoms with Crippen LogP contribution >= 0.6 is 0 Å². The monoisotopic (exact) mass is 347 g/mol. The molecule has 0 fully saturated rings. The molecule has 3 aromatic rings. The Hall–Kier alpha value is -3.29. The van der Waals surface area contributed by atoms with Gasteiger partial charge in [0.05, 0.1) is 0 Å². The second-order valence-corrected chi connectivity index (χ2v) is 5.03. The van der Waals surface area contributed by atoms with Crippen LogP contribution in [0.1, 0.15) is 10.5 Å². The molecule has 25 heavy (non-hydrogen) atoms. The first-order valence-corrected chi connectivity index (χ1v) is 7.20. The molecule has 1 aromatic heterocycles. The summed E-state index contributed by atoms with van der Waals surface area (Å²) < 4.78 is 46.0. The van der Waals surface area contributed by atoms with E-state index in [1.54, 1.807) is 6.07 Å². The Morgan fingerprint density at radius 1 is 1.04 bits per heavy atom. The number of nitrogens with one attached hydrogen (secondary N) is 1. The molecule has 5 nitrogen and oxygen atoms in total. The Morgan fingerprint density at radius 3 is 2.60 bits per heavy atom. The number of hydrogen-bond acceptors (Lipinski definition) is 3. The summed E-state index contributed by atoms with van der Waals surface area (Å²) in [7, 11) is 0. The Morgan fingerprint density at radius 2 is 1.84 bits per heavy atom. The van der Waals surface area contributed by atoms with Crippen molar-refractivity contribution in [2.75, 3.05) is 5.32 Å². The van der Waals surface area contributed by atoms with E-state index in [2.05, 4.69) is 10.4 Å². The molecular weight excluding hydrogens is 335 g/mol. The molecule has 0 unspecified atom stereocenters. The van der Waals surface area contributed by atoms with Crippen molar-refractivity contribution in [3.05, 3.63) is 77.9 Å². The van der Waals surface area contributed by atoms with Crippen LogP contribution in [0.4, 0.5) is 18.9 Å². The van der Waals surface area contributed by atoms with Gasteiger partial charge in [-0.05, 0) is 30.3 Å². The maximum Gasteiger partial charge on any atom is 0.276 e. The summed E-state index contributed by atoms with van der Waals surface area (Å²) in [5, 5.41) is 6.38. The highest BCUT2D eigenvalue weighted by molar-refractivity contribution is 6.02. The summed E-state index contributed by atoms with van der Waals surface area (Å²) in [5.74, 6) is -3.12. The standard InChI is InChI=1S/C17H12F3N3O2/c18-12-6-5-11(9-14(12)20)21-17(24)15-7-8-23(22-15)10-25-16-4-2-1-3-13(16)19/h1-9H,10H2,(H,21,24).